The number of rotatable bonds is 8. The first-order chi connectivity index (χ1) is 19.3. The number of aliphatic hydroxyl groups is 3. The van der Waals surface area contributed by atoms with Gasteiger partial charge in [0.2, 0.25) is 0 Å². The molecule has 3 saturated carbocycles. The largest absolute Gasteiger partial charge is 0.394 e. The second-order valence-corrected chi connectivity index (χ2v) is 16.3. The van der Waals surface area contributed by atoms with Crippen molar-refractivity contribution in [3.63, 3.8) is 0 Å². The molecule has 15 atom stereocenters. The summed E-state index contributed by atoms with van der Waals surface area (Å²) in [6.07, 6.45) is 10.9. The first kappa shape index (κ1) is 31.9. The smallest absolute Gasteiger partial charge is 0.163 e. The van der Waals surface area contributed by atoms with E-state index in [1.54, 1.807) is 0 Å². The first-order valence-corrected chi connectivity index (χ1v) is 17.3. The normalized spacial score (nSPS) is 49.6. The lowest BCUT2D eigenvalue weighted by atomic mass is 9.46. The van der Waals surface area contributed by atoms with E-state index in [2.05, 4.69) is 54.5 Å². The van der Waals surface area contributed by atoms with Gasteiger partial charge in [-0.2, -0.15) is 0 Å². The number of aliphatic hydroxyl groups excluding tert-OH is 3. The molecule has 3 N–H and O–H groups in total. The fraction of sp³-hybridized carbons (Fsp3) is 0.944. The van der Waals surface area contributed by atoms with Crippen LogP contribution < -0.4 is 0 Å². The van der Waals surface area contributed by atoms with E-state index in [0.717, 1.165) is 42.4 Å². The highest BCUT2D eigenvalue weighted by atomic mass is 16.7. The van der Waals surface area contributed by atoms with Gasteiger partial charge in [-0.25, -0.2) is 0 Å². The van der Waals surface area contributed by atoms with Crippen LogP contribution in [0.3, 0.4) is 0 Å². The average Bonchev–Trinajstić information content (AvgIpc) is 3.30. The molecule has 0 aromatic heterocycles. The molecule has 5 nitrogen and oxygen atoms in total. The minimum Gasteiger partial charge on any atom is -0.394 e. The summed E-state index contributed by atoms with van der Waals surface area (Å²) in [7, 11) is 0. The van der Waals surface area contributed by atoms with E-state index < -0.39 is 24.6 Å². The molecule has 0 radical (unpaired) electrons. The maximum absolute atomic E-state index is 10.6. The molecule has 5 aliphatic rings. The van der Waals surface area contributed by atoms with Gasteiger partial charge in [0.05, 0.1) is 18.8 Å². The van der Waals surface area contributed by atoms with Gasteiger partial charge in [0.15, 0.2) is 6.29 Å². The molecule has 5 rings (SSSR count). The summed E-state index contributed by atoms with van der Waals surface area (Å²) < 4.78 is 12.6. The van der Waals surface area contributed by atoms with Gasteiger partial charge in [-0.3, -0.25) is 0 Å². The van der Waals surface area contributed by atoms with Gasteiger partial charge >= 0.3 is 0 Å². The van der Waals surface area contributed by atoms with Gasteiger partial charge in [0.25, 0.3) is 0 Å². The number of fused-ring (bicyclic) bond motifs is 5. The van der Waals surface area contributed by atoms with Crippen molar-refractivity contribution in [2.75, 3.05) is 6.61 Å². The zero-order valence-electron chi connectivity index (χ0n) is 27.4. The zero-order chi connectivity index (χ0) is 29.9. The van der Waals surface area contributed by atoms with E-state index in [1.807, 2.05) is 12.5 Å². The third kappa shape index (κ3) is 5.51. The van der Waals surface area contributed by atoms with Gasteiger partial charge in [-0.15, -0.1) is 0 Å². The van der Waals surface area contributed by atoms with Crippen LogP contribution in [0.1, 0.15) is 113 Å². The second-order valence-electron chi connectivity index (χ2n) is 16.3. The molecular weight excluding hydrogens is 512 g/mol. The molecule has 5 heteroatoms. The molecule has 236 valence electrons. The van der Waals surface area contributed by atoms with Crippen molar-refractivity contribution in [3.8, 4) is 0 Å². The molecule has 4 aliphatic carbocycles. The Morgan fingerprint density at radius 2 is 1.59 bits per heavy atom. The maximum Gasteiger partial charge on any atom is 0.163 e. The maximum atomic E-state index is 10.6. The van der Waals surface area contributed by atoms with Crippen LogP contribution in [-0.4, -0.2) is 52.6 Å². The van der Waals surface area contributed by atoms with Crippen LogP contribution >= 0.6 is 0 Å². The number of hydrogen-bond acceptors (Lipinski definition) is 5. The van der Waals surface area contributed by atoms with E-state index in [9.17, 15) is 15.3 Å². The summed E-state index contributed by atoms with van der Waals surface area (Å²) in [4.78, 5) is 0. The summed E-state index contributed by atoms with van der Waals surface area (Å²) in [5.41, 5.74) is 2.59. The van der Waals surface area contributed by atoms with Crippen LogP contribution in [0.15, 0.2) is 11.6 Å². The lowest BCUT2D eigenvalue weighted by Crippen LogP contribution is -2.57. The van der Waals surface area contributed by atoms with Crippen LogP contribution in [0.4, 0.5) is 0 Å². The third-order valence-corrected chi connectivity index (χ3v) is 14.0. The third-order valence-electron chi connectivity index (χ3n) is 14.0. The van der Waals surface area contributed by atoms with E-state index in [4.69, 9.17) is 9.47 Å². The fourth-order valence-corrected chi connectivity index (χ4v) is 10.7. The Labute approximate surface area is 250 Å². The molecule has 0 bridgehead atoms. The van der Waals surface area contributed by atoms with Crippen LogP contribution in [0.25, 0.3) is 0 Å². The summed E-state index contributed by atoms with van der Waals surface area (Å²) >= 11 is 0. The van der Waals surface area contributed by atoms with Crippen molar-refractivity contribution >= 4 is 0 Å². The fourth-order valence-electron chi connectivity index (χ4n) is 10.7. The number of ether oxygens (including phenoxy) is 2. The van der Waals surface area contributed by atoms with Gasteiger partial charge in [-0.05, 0) is 103 Å². The molecule has 41 heavy (non-hydrogen) atoms. The Bertz CT molecular complexity index is 931. The van der Waals surface area contributed by atoms with Crippen LogP contribution in [0, 0.1) is 64.1 Å². The Morgan fingerprint density at radius 1 is 0.902 bits per heavy atom. The molecule has 1 heterocycles. The van der Waals surface area contributed by atoms with Crippen molar-refractivity contribution in [2.24, 2.45) is 64.1 Å². The van der Waals surface area contributed by atoms with Gasteiger partial charge in [0, 0.05) is 5.92 Å². The Morgan fingerprint density at radius 3 is 2.27 bits per heavy atom. The molecule has 15 unspecified atom stereocenters. The van der Waals surface area contributed by atoms with Crippen molar-refractivity contribution in [1.29, 1.82) is 0 Å². The summed E-state index contributed by atoms with van der Waals surface area (Å²) in [6.45, 7) is 18.9. The first-order valence-electron chi connectivity index (χ1n) is 17.3. The van der Waals surface area contributed by atoms with Crippen molar-refractivity contribution in [2.45, 2.75) is 144 Å². The van der Waals surface area contributed by atoms with E-state index in [1.165, 1.54) is 44.9 Å². The summed E-state index contributed by atoms with van der Waals surface area (Å²) in [6, 6.07) is 0. The van der Waals surface area contributed by atoms with Crippen LogP contribution in [-0.2, 0) is 9.47 Å². The lowest BCUT2D eigenvalue weighted by Gasteiger charge is -2.60. The number of hydrogen-bond donors (Lipinski definition) is 3. The molecule has 0 amide bonds. The SMILES string of the molecule is CC(C)C(C)CCC(C)C1CCC2C3=CCC4C(C)C(OC5OC(CO)C(O)C(O)C5C)CCC4(C)C3CCC21C. The monoisotopic (exact) mass is 574 g/mol. The lowest BCUT2D eigenvalue weighted by molar-refractivity contribution is -0.304. The van der Waals surface area contributed by atoms with Crippen molar-refractivity contribution < 1.29 is 24.8 Å². The predicted molar refractivity (Wildman–Crippen MR) is 164 cm³/mol. The summed E-state index contributed by atoms with van der Waals surface area (Å²) in [5, 5.41) is 30.5. The standard InChI is InChI=1S/C36H62O5/c1-20(2)21(3)9-10-22(4)26-13-14-28-25-11-12-27-23(5)30(16-18-36(27,8)29(25)15-17-35(26,28)7)40-34-24(6)32(38)33(39)31(19-37)41-34/h11,20-24,26-34,37-39H,9-10,12-19H2,1-8H3. The Hall–Kier alpha value is -0.460. The molecule has 0 spiro atoms. The van der Waals surface area contributed by atoms with Crippen molar-refractivity contribution in [1.82, 2.24) is 0 Å². The van der Waals surface area contributed by atoms with E-state index in [0.29, 0.717) is 28.6 Å². The minimum atomic E-state index is -1.08. The second kappa shape index (κ2) is 12.1. The van der Waals surface area contributed by atoms with E-state index in [-0.39, 0.29) is 18.6 Å². The Kier molecular flexibility index (Phi) is 9.46. The van der Waals surface area contributed by atoms with Crippen LogP contribution in [0.2, 0.25) is 0 Å². The predicted octanol–water partition coefficient (Wildman–Crippen LogP) is 6.98. The zero-order valence-corrected chi connectivity index (χ0v) is 27.4. The topological polar surface area (TPSA) is 79.2 Å². The summed E-state index contributed by atoms with van der Waals surface area (Å²) in [5.74, 6) is 5.36. The van der Waals surface area contributed by atoms with Gasteiger partial charge in [0.1, 0.15) is 12.2 Å². The molecule has 4 fully saturated rings. The molecular formula is C36H62O5. The van der Waals surface area contributed by atoms with E-state index >= 15 is 0 Å². The Balaban J connectivity index is 1.27. The van der Waals surface area contributed by atoms with Gasteiger partial charge in [-0.1, -0.05) is 79.9 Å². The minimum absolute atomic E-state index is 0.0658. The highest BCUT2D eigenvalue weighted by Gasteiger charge is 2.59. The quantitative estimate of drug-likeness (QED) is 0.273. The van der Waals surface area contributed by atoms with Crippen LogP contribution in [0.5, 0.6) is 0 Å². The highest BCUT2D eigenvalue weighted by molar-refractivity contribution is 5.28. The molecule has 0 aromatic rings. The molecule has 1 saturated heterocycles. The molecule has 1 aliphatic heterocycles. The van der Waals surface area contributed by atoms with Crippen molar-refractivity contribution in [3.05, 3.63) is 11.6 Å². The van der Waals surface area contributed by atoms with Gasteiger partial charge < -0.3 is 24.8 Å². The number of allylic oxidation sites excluding steroid dienone is 2. The average molecular weight is 575 g/mol. The molecule has 0 aromatic carbocycles. The highest BCUT2D eigenvalue weighted by Crippen LogP contribution is 2.67.